The van der Waals surface area contributed by atoms with Gasteiger partial charge >= 0.3 is 5.97 Å². The number of rotatable bonds is 3. The molecule has 0 aromatic heterocycles. The Hall–Kier alpha value is -2.21. The number of carbonyl (C=O) groups excluding carboxylic acids is 2. The number of aryl methyl sites for hydroxylation is 2. The lowest BCUT2D eigenvalue weighted by molar-refractivity contribution is -0.139. The summed E-state index contributed by atoms with van der Waals surface area (Å²) >= 11 is 5.34. The maximum Gasteiger partial charge on any atom is 0.338 e. The van der Waals surface area contributed by atoms with Crippen LogP contribution in [0, 0.1) is 13.8 Å². The van der Waals surface area contributed by atoms with Gasteiger partial charge in [-0.1, -0.05) is 23.8 Å². The highest BCUT2D eigenvalue weighted by Crippen LogP contribution is 2.36. The first-order valence-corrected chi connectivity index (χ1v) is 8.24. The van der Waals surface area contributed by atoms with E-state index >= 15 is 0 Å². The standard InChI is InChI=1S/C18H22N2O3S/c1-6-23-17(22)15-12(4)19-18(24)20(13(5)21)16(15)14-8-7-10(2)9-11(14)3/h7-9,16H,6H2,1-5H3,(H,19,24)/t16-/m1/s1. The predicted octanol–water partition coefficient (Wildman–Crippen LogP) is 2.92. The molecule has 24 heavy (non-hydrogen) atoms. The van der Waals surface area contributed by atoms with E-state index < -0.39 is 12.0 Å². The van der Waals surface area contributed by atoms with Gasteiger partial charge in [-0.25, -0.2) is 4.79 Å². The maximum absolute atomic E-state index is 12.5. The Morgan fingerprint density at radius 2 is 1.96 bits per heavy atom. The van der Waals surface area contributed by atoms with Crippen molar-refractivity contribution in [1.82, 2.24) is 10.2 Å². The number of carbonyl (C=O) groups is 2. The summed E-state index contributed by atoms with van der Waals surface area (Å²) in [4.78, 5) is 26.2. The third-order valence-corrected chi connectivity index (χ3v) is 4.30. The number of hydrogen-bond acceptors (Lipinski definition) is 4. The fourth-order valence-corrected chi connectivity index (χ4v) is 3.35. The Balaban J connectivity index is 2.68. The van der Waals surface area contributed by atoms with Gasteiger partial charge in [0.05, 0.1) is 18.2 Å². The second-order valence-electron chi connectivity index (χ2n) is 5.84. The Bertz CT molecular complexity index is 740. The monoisotopic (exact) mass is 346 g/mol. The Labute approximate surface area is 147 Å². The van der Waals surface area contributed by atoms with Crippen LogP contribution in [0.15, 0.2) is 29.5 Å². The summed E-state index contributed by atoms with van der Waals surface area (Å²) in [5.74, 6) is -0.673. The molecular formula is C18H22N2O3S. The summed E-state index contributed by atoms with van der Waals surface area (Å²) in [5, 5.41) is 3.24. The van der Waals surface area contributed by atoms with E-state index in [2.05, 4.69) is 5.32 Å². The Morgan fingerprint density at radius 1 is 1.29 bits per heavy atom. The van der Waals surface area contributed by atoms with Crippen LogP contribution in [0.2, 0.25) is 0 Å². The van der Waals surface area contributed by atoms with Gasteiger partial charge < -0.3 is 10.1 Å². The third kappa shape index (κ3) is 3.33. The van der Waals surface area contributed by atoms with Gasteiger partial charge in [-0.2, -0.15) is 0 Å². The topological polar surface area (TPSA) is 58.6 Å². The van der Waals surface area contributed by atoms with E-state index in [1.807, 2.05) is 32.0 Å². The minimum absolute atomic E-state index is 0.230. The van der Waals surface area contributed by atoms with E-state index in [1.54, 1.807) is 13.8 Å². The van der Waals surface area contributed by atoms with Gasteiger partial charge in [0.15, 0.2) is 5.11 Å². The van der Waals surface area contributed by atoms with Crippen molar-refractivity contribution in [2.24, 2.45) is 0 Å². The highest BCUT2D eigenvalue weighted by Gasteiger charge is 2.39. The van der Waals surface area contributed by atoms with E-state index in [9.17, 15) is 9.59 Å². The number of thiocarbonyl (C=S) groups is 1. The summed E-state index contributed by atoms with van der Waals surface area (Å²) in [6.07, 6.45) is 0. The molecular weight excluding hydrogens is 324 g/mol. The molecule has 0 bridgehead atoms. The van der Waals surface area contributed by atoms with Gasteiger partial charge in [0, 0.05) is 12.6 Å². The van der Waals surface area contributed by atoms with Gasteiger partial charge in [0.25, 0.3) is 0 Å². The number of benzene rings is 1. The lowest BCUT2D eigenvalue weighted by Crippen LogP contribution is -2.50. The van der Waals surface area contributed by atoms with Crippen LogP contribution >= 0.6 is 12.2 Å². The molecule has 1 amide bonds. The molecule has 1 aromatic rings. The van der Waals surface area contributed by atoms with Crippen molar-refractivity contribution in [2.75, 3.05) is 6.61 Å². The second-order valence-corrected chi connectivity index (χ2v) is 6.23. The second kappa shape index (κ2) is 7.13. The minimum Gasteiger partial charge on any atom is -0.463 e. The summed E-state index contributed by atoms with van der Waals surface area (Å²) in [6.45, 7) is 9.19. The molecule has 0 fully saturated rings. The smallest absolute Gasteiger partial charge is 0.338 e. The number of ether oxygens (including phenoxy) is 1. The normalized spacial score (nSPS) is 17.6. The molecule has 1 aliphatic rings. The molecule has 0 radical (unpaired) electrons. The molecule has 1 heterocycles. The molecule has 0 spiro atoms. The zero-order valence-corrected chi connectivity index (χ0v) is 15.4. The molecule has 1 N–H and O–H groups in total. The third-order valence-electron chi connectivity index (χ3n) is 4.00. The van der Waals surface area contributed by atoms with Crippen molar-refractivity contribution >= 4 is 29.2 Å². The van der Waals surface area contributed by atoms with Crippen LogP contribution in [-0.4, -0.2) is 28.5 Å². The summed E-state index contributed by atoms with van der Waals surface area (Å²) < 4.78 is 5.21. The number of nitrogens with zero attached hydrogens (tertiary/aromatic N) is 1. The molecule has 2 rings (SSSR count). The van der Waals surface area contributed by atoms with Crippen LogP contribution in [0.25, 0.3) is 0 Å². The van der Waals surface area contributed by atoms with Gasteiger partial charge in [-0.3, -0.25) is 9.69 Å². The molecule has 6 heteroatoms. The molecule has 0 aliphatic carbocycles. The highest BCUT2D eigenvalue weighted by atomic mass is 32.1. The fourth-order valence-electron chi connectivity index (χ4n) is 2.96. The number of allylic oxidation sites excluding steroid dienone is 1. The molecule has 0 saturated heterocycles. The zero-order chi connectivity index (χ0) is 18.0. The quantitative estimate of drug-likeness (QED) is 0.674. The van der Waals surface area contributed by atoms with Crippen LogP contribution in [0.3, 0.4) is 0 Å². The van der Waals surface area contributed by atoms with E-state index in [-0.39, 0.29) is 17.6 Å². The number of esters is 1. The van der Waals surface area contributed by atoms with E-state index in [0.717, 1.165) is 16.7 Å². The zero-order valence-electron chi connectivity index (χ0n) is 14.6. The maximum atomic E-state index is 12.5. The first kappa shape index (κ1) is 18.1. The van der Waals surface area contributed by atoms with Crippen molar-refractivity contribution < 1.29 is 14.3 Å². The molecule has 5 nitrogen and oxygen atoms in total. The Morgan fingerprint density at radius 3 is 2.50 bits per heavy atom. The summed E-state index contributed by atoms with van der Waals surface area (Å²) in [7, 11) is 0. The molecule has 1 aliphatic heterocycles. The van der Waals surface area contributed by atoms with Crippen LogP contribution in [-0.2, 0) is 14.3 Å². The van der Waals surface area contributed by atoms with Gasteiger partial charge in [-0.15, -0.1) is 0 Å². The van der Waals surface area contributed by atoms with Crippen molar-refractivity contribution in [3.8, 4) is 0 Å². The number of hydrogen-bond donors (Lipinski definition) is 1. The van der Waals surface area contributed by atoms with Crippen molar-refractivity contribution in [2.45, 2.75) is 40.7 Å². The van der Waals surface area contributed by atoms with Crippen LogP contribution in [0.5, 0.6) is 0 Å². The first-order chi connectivity index (χ1) is 11.3. The molecule has 128 valence electrons. The van der Waals surface area contributed by atoms with Crippen LogP contribution in [0.1, 0.15) is 43.5 Å². The SMILES string of the molecule is CCOC(=O)C1=C(C)NC(=S)N(C(C)=O)[C@@H]1c1ccc(C)cc1C. The summed E-state index contributed by atoms with van der Waals surface area (Å²) in [6, 6.07) is 5.34. The molecule has 1 atom stereocenters. The average Bonchev–Trinajstić information content (AvgIpc) is 2.46. The lowest BCUT2D eigenvalue weighted by atomic mass is 9.90. The average molecular weight is 346 g/mol. The molecule has 0 unspecified atom stereocenters. The van der Waals surface area contributed by atoms with Gasteiger partial charge in [0.1, 0.15) is 0 Å². The van der Waals surface area contributed by atoms with Gasteiger partial charge in [0.2, 0.25) is 5.91 Å². The van der Waals surface area contributed by atoms with Crippen molar-refractivity contribution in [3.05, 3.63) is 46.2 Å². The summed E-state index contributed by atoms with van der Waals surface area (Å²) in [5.41, 5.74) is 3.99. The minimum atomic E-state index is -0.587. The predicted molar refractivity (Wildman–Crippen MR) is 96.2 cm³/mol. The van der Waals surface area contributed by atoms with Gasteiger partial charge in [-0.05, 0) is 51.0 Å². The fraction of sp³-hybridized carbons (Fsp3) is 0.389. The van der Waals surface area contributed by atoms with Crippen LogP contribution in [0.4, 0.5) is 0 Å². The number of amides is 1. The van der Waals surface area contributed by atoms with Crippen molar-refractivity contribution in [1.29, 1.82) is 0 Å². The van der Waals surface area contributed by atoms with E-state index in [4.69, 9.17) is 17.0 Å². The molecule has 1 aromatic carbocycles. The van der Waals surface area contributed by atoms with E-state index in [1.165, 1.54) is 11.8 Å². The first-order valence-electron chi connectivity index (χ1n) is 7.83. The van der Waals surface area contributed by atoms with E-state index in [0.29, 0.717) is 11.3 Å². The molecule has 0 saturated carbocycles. The lowest BCUT2D eigenvalue weighted by Gasteiger charge is -2.38. The Kier molecular flexibility index (Phi) is 5.39. The van der Waals surface area contributed by atoms with Crippen LogP contribution < -0.4 is 5.32 Å². The largest absolute Gasteiger partial charge is 0.463 e. The number of nitrogens with one attached hydrogen (secondary N) is 1. The van der Waals surface area contributed by atoms with Crippen molar-refractivity contribution in [3.63, 3.8) is 0 Å². The highest BCUT2D eigenvalue weighted by molar-refractivity contribution is 7.80.